The molecule has 0 radical (unpaired) electrons. The number of halogens is 1. The van der Waals surface area contributed by atoms with Crippen LogP contribution in [0.15, 0.2) is 44.6 Å². The molecule has 0 N–H and O–H groups in total. The van der Waals surface area contributed by atoms with E-state index in [4.69, 9.17) is 16.0 Å². The first-order valence-electron chi connectivity index (χ1n) is 9.02. The smallest absolute Gasteiger partial charge is 0.281 e. The van der Waals surface area contributed by atoms with E-state index in [0.29, 0.717) is 27.2 Å². The molecule has 0 unspecified atom stereocenters. The number of hydrogen-bond donors (Lipinski definition) is 0. The molecule has 1 aliphatic heterocycles. The largest absolute Gasteiger partial charge is 0.456 e. The van der Waals surface area contributed by atoms with Crippen LogP contribution in [0.4, 0.5) is 5.69 Å². The Labute approximate surface area is 177 Å². The van der Waals surface area contributed by atoms with Gasteiger partial charge in [-0.2, -0.15) is 0 Å². The summed E-state index contributed by atoms with van der Waals surface area (Å²) < 4.78 is 5.77. The van der Waals surface area contributed by atoms with Crippen LogP contribution in [0.1, 0.15) is 33.5 Å². The molecule has 1 aliphatic rings. The highest BCUT2D eigenvalue weighted by Crippen LogP contribution is 2.37. The van der Waals surface area contributed by atoms with Gasteiger partial charge in [0.25, 0.3) is 11.6 Å². The van der Waals surface area contributed by atoms with Crippen molar-refractivity contribution in [2.45, 2.75) is 39.8 Å². The minimum absolute atomic E-state index is 0.0257. The van der Waals surface area contributed by atoms with Crippen molar-refractivity contribution in [3.05, 3.63) is 56.1 Å². The molecule has 0 aliphatic carbocycles. The van der Waals surface area contributed by atoms with Crippen molar-refractivity contribution >= 4 is 46.2 Å². The summed E-state index contributed by atoms with van der Waals surface area (Å²) in [6.07, 6.45) is 1.64. The third-order valence-corrected chi connectivity index (χ3v) is 5.28. The Bertz CT molecular complexity index is 1030. The number of nitro benzene ring substituents is 1. The van der Waals surface area contributed by atoms with Gasteiger partial charge >= 0.3 is 0 Å². The van der Waals surface area contributed by atoms with Crippen molar-refractivity contribution in [1.29, 1.82) is 0 Å². The van der Waals surface area contributed by atoms with Gasteiger partial charge in [0.15, 0.2) is 5.17 Å². The lowest BCUT2D eigenvalue weighted by molar-refractivity contribution is -0.384. The van der Waals surface area contributed by atoms with Gasteiger partial charge in [0.2, 0.25) is 0 Å². The number of benzene rings is 1. The molecular weight excluding hydrogens is 414 g/mol. The molecule has 1 fully saturated rings. The molecule has 0 spiro atoms. The van der Waals surface area contributed by atoms with Gasteiger partial charge in [0, 0.05) is 29.2 Å². The van der Waals surface area contributed by atoms with Gasteiger partial charge in [-0.1, -0.05) is 11.6 Å². The predicted octanol–water partition coefficient (Wildman–Crippen LogP) is 5.60. The maximum atomic E-state index is 12.8. The maximum absolute atomic E-state index is 12.8. The van der Waals surface area contributed by atoms with E-state index in [9.17, 15) is 14.9 Å². The Morgan fingerprint density at radius 2 is 1.97 bits per heavy atom. The second-order valence-corrected chi connectivity index (χ2v) is 8.45. The lowest BCUT2D eigenvalue weighted by Crippen LogP contribution is -2.35. The highest BCUT2D eigenvalue weighted by Gasteiger charge is 2.35. The van der Waals surface area contributed by atoms with Crippen LogP contribution in [0.2, 0.25) is 5.02 Å². The number of furan rings is 1. The summed E-state index contributed by atoms with van der Waals surface area (Å²) >= 11 is 7.17. The van der Waals surface area contributed by atoms with Crippen molar-refractivity contribution in [3.63, 3.8) is 0 Å². The fourth-order valence-electron chi connectivity index (χ4n) is 2.82. The lowest BCUT2D eigenvalue weighted by atomic mass is 10.1. The Balaban J connectivity index is 1.95. The number of carbonyl (C=O) groups is 1. The monoisotopic (exact) mass is 433 g/mol. The molecule has 2 aromatic rings. The summed E-state index contributed by atoms with van der Waals surface area (Å²) in [5.41, 5.74) is 0.176. The minimum atomic E-state index is -0.507. The average Bonchev–Trinajstić information content (AvgIpc) is 3.19. The highest BCUT2D eigenvalue weighted by atomic mass is 35.5. The van der Waals surface area contributed by atoms with Crippen LogP contribution < -0.4 is 0 Å². The molecule has 0 saturated carbocycles. The number of thioether (sulfide) groups is 1. The summed E-state index contributed by atoms with van der Waals surface area (Å²) in [4.78, 5) is 30.3. The molecule has 9 heteroatoms. The topological polar surface area (TPSA) is 89.0 Å². The molecule has 152 valence electrons. The SMILES string of the molecule is CC(C)N=C1S/C(=C/c2ccc(-c3ccc(Cl)cc3[N+](=O)[O-])o2)C(=O)N1C(C)C. The van der Waals surface area contributed by atoms with Gasteiger partial charge in [-0.3, -0.25) is 24.8 Å². The van der Waals surface area contributed by atoms with E-state index in [1.807, 2.05) is 27.7 Å². The molecule has 1 amide bonds. The van der Waals surface area contributed by atoms with E-state index in [1.54, 1.807) is 35.2 Å². The van der Waals surface area contributed by atoms with Crippen LogP contribution in [-0.4, -0.2) is 33.0 Å². The lowest BCUT2D eigenvalue weighted by Gasteiger charge is -2.20. The van der Waals surface area contributed by atoms with E-state index in [0.717, 1.165) is 0 Å². The second-order valence-electron chi connectivity index (χ2n) is 7.01. The first-order valence-corrected chi connectivity index (χ1v) is 10.2. The van der Waals surface area contributed by atoms with E-state index in [1.165, 1.54) is 17.8 Å². The van der Waals surface area contributed by atoms with Crippen LogP contribution in [0.5, 0.6) is 0 Å². The standard InChI is InChI=1S/C20H20ClN3O4S/c1-11(2)22-20-23(12(3)4)19(25)18(29-20)10-14-6-8-17(28-14)15-7-5-13(21)9-16(15)24(26)27/h5-12H,1-4H3/b18-10+,22-20?. The molecule has 0 bridgehead atoms. The van der Waals surface area contributed by atoms with Gasteiger partial charge < -0.3 is 4.42 Å². The van der Waals surface area contributed by atoms with Gasteiger partial charge in [0.1, 0.15) is 11.5 Å². The zero-order chi connectivity index (χ0) is 21.3. The van der Waals surface area contributed by atoms with Crippen LogP contribution in [-0.2, 0) is 4.79 Å². The number of rotatable bonds is 5. The van der Waals surface area contributed by atoms with Crippen molar-refractivity contribution in [2.75, 3.05) is 0 Å². The van der Waals surface area contributed by atoms with Crippen LogP contribution >= 0.6 is 23.4 Å². The van der Waals surface area contributed by atoms with Gasteiger partial charge in [0.05, 0.1) is 15.4 Å². The van der Waals surface area contributed by atoms with Crippen molar-refractivity contribution < 1.29 is 14.1 Å². The fourth-order valence-corrected chi connectivity index (χ4v) is 4.20. The zero-order valence-corrected chi connectivity index (χ0v) is 18.0. The molecule has 0 atom stereocenters. The molecule has 3 rings (SSSR count). The highest BCUT2D eigenvalue weighted by molar-refractivity contribution is 8.18. The third kappa shape index (κ3) is 4.54. The number of aliphatic imine (C=N–C) groups is 1. The van der Waals surface area contributed by atoms with Crippen LogP contribution in [0, 0.1) is 10.1 Å². The summed E-state index contributed by atoms with van der Waals surface area (Å²) in [6.45, 7) is 7.77. The molecule has 29 heavy (non-hydrogen) atoms. The number of nitrogens with zero attached hydrogens (tertiary/aromatic N) is 3. The van der Waals surface area contributed by atoms with Gasteiger partial charge in [-0.15, -0.1) is 0 Å². The van der Waals surface area contributed by atoms with Crippen LogP contribution in [0.3, 0.4) is 0 Å². The van der Waals surface area contributed by atoms with Crippen molar-refractivity contribution in [3.8, 4) is 11.3 Å². The van der Waals surface area contributed by atoms with Gasteiger partial charge in [-0.05, 0) is 63.7 Å². The van der Waals surface area contributed by atoms with Gasteiger partial charge in [-0.25, -0.2) is 0 Å². The fraction of sp³-hybridized carbons (Fsp3) is 0.300. The first kappa shape index (κ1) is 21.1. The van der Waals surface area contributed by atoms with Crippen molar-refractivity contribution in [2.24, 2.45) is 4.99 Å². The number of carbonyl (C=O) groups excluding carboxylic acids is 1. The summed E-state index contributed by atoms with van der Waals surface area (Å²) in [7, 11) is 0. The van der Waals surface area contributed by atoms with E-state index < -0.39 is 4.92 Å². The molecule has 7 nitrogen and oxygen atoms in total. The summed E-state index contributed by atoms with van der Waals surface area (Å²) in [5, 5.41) is 12.3. The van der Waals surface area contributed by atoms with E-state index in [2.05, 4.69) is 4.99 Å². The Hall–Kier alpha value is -2.58. The first-order chi connectivity index (χ1) is 13.7. The Morgan fingerprint density at radius 1 is 1.24 bits per heavy atom. The number of hydrogen-bond acceptors (Lipinski definition) is 6. The minimum Gasteiger partial charge on any atom is -0.456 e. The summed E-state index contributed by atoms with van der Waals surface area (Å²) in [6, 6.07) is 7.73. The van der Waals surface area contributed by atoms with E-state index >= 15 is 0 Å². The number of amidine groups is 1. The second kappa shape index (κ2) is 8.42. The molecule has 2 heterocycles. The maximum Gasteiger partial charge on any atom is 0.281 e. The third-order valence-electron chi connectivity index (χ3n) is 4.04. The predicted molar refractivity (Wildman–Crippen MR) is 116 cm³/mol. The number of amides is 1. The molecule has 1 aromatic carbocycles. The number of nitro groups is 1. The Kier molecular flexibility index (Phi) is 6.14. The average molecular weight is 434 g/mol. The molecular formula is C20H20ClN3O4S. The van der Waals surface area contributed by atoms with Crippen molar-refractivity contribution in [1.82, 2.24) is 4.90 Å². The zero-order valence-electron chi connectivity index (χ0n) is 16.4. The Morgan fingerprint density at radius 3 is 2.59 bits per heavy atom. The van der Waals surface area contributed by atoms with E-state index in [-0.39, 0.29) is 28.7 Å². The molecule has 1 aromatic heterocycles. The quantitative estimate of drug-likeness (QED) is 0.348. The summed E-state index contributed by atoms with van der Waals surface area (Å²) in [5.74, 6) is 0.613. The van der Waals surface area contributed by atoms with Crippen LogP contribution in [0.25, 0.3) is 17.4 Å². The normalized spacial score (nSPS) is 17.3. The molecule has 1 saturated heterocycles.